The van der Waals surface area contributed by atoms with Crippen molar-refractivity contribution in [2.75, 3.05) is 19.8 Å². The zero-order chi connectivity index (χ0) is 22.5. The van der Waals surface area contributed by atoms with Gasteiger partial charge in [0.15, 0.2) is 11.5 Å². The highest BCUT2D eigenvalue weighted by atomic mass is 32.2. The van der Waals surface area contributed by atoms with Crippen LogP contribution >= 0.6 is 11.8 Å². The van der Waals surface area contributed by atoms with Gasteiger partial charge < -0.3 is 14.6 Å². The standard InChI is InChI=1S/C21H20N2O7S/c1-3-29-17-12-15(23(27)28)10-14(19(17)24)11-18-20(25)22(21(26)31-18)8-9-30-16-6-4-13(2)5-7-16/h4-7,10-12,24H,3,8-9H2,1-2H3/b18-11-. The number of hydrogen-bond donors (Lipinski definition) is 1. The topological polar surface area (TPSA) is 119 Å². The first-order valence-corrected chi connectivity index (χ1v) is 10.2. The number of nitro benzene ring substituents is 1. The van der Waals surface area contributed by atoms with Crippen LogP contribution in [0.1, 0.15) is 18.1 Å². The normalized spacial score (nSPS) is 14.9. The molecule has 2 amide bonds. The number of benzene rings is 2. The van der Waals surface area contributed by atoms with Crippen LogP contribution in [0.15, 0.2) is 41.3 Å². The number of carbonyl (C=O) groups excluding carboxylic acids is 2. The number of carbonyl (C=O) groups is 2. The highest BCUT2D eigenvalue weighted by Gasteiger charge is 2.35. The third-order valence-electron chi connectivity index (χ3n) is 4.36. The lowest BCUT2D eigenvalue weighted by Crippen LogP contribution is -2.32. The number of amides is 2. The van der Waals surface area contributed by atoms with Crippen LogP contribution in [0.5, 0.6) is 17.2 Å². The summed E-state index contributed by atoms with van der Waals surface area (Å²) in [6.07, 6.45) is 1.25. The smallest absolute Gasteiger partial charge is 0.293 e. The fourth-order valence-electron chi connectivity index (χ4n) is 2.82. The van der Waals surface area contributed by atoms with Gasteiger partial charge in [0.25, 0.3) is 16.8 Å². The molecule has 1 aliphatic rings. The first-order valence-electron chi connectivity index (χ1n) is 9.39. The Balaban J connectivity index is 1.76. The summed E-state index contributed by atoms with van der Waals surface area (Å²) in [7, 11) is 0. The number of hydrogen-bond acceptors (Lipinski definition) is 8. The van der Waals surface area contributed by atoms with E-state index in [4.69, 9.17) is 9.47 Å². The molecule has 0 bridgehead atoms. The maximum Gasteiger partial charge on any atom is 0.293 e. The van der Waals surface area contributed by atoms with Crippen molar-refractivity contribution in [1.82, 2.24) is 4.90 Å². The summed E-state index contributed by atoms with van der Waals surface area (Å²) < 4.78 is 10.8. The Bertz CT molecular complexity index is 1050. The van der Waals surface area contributed by atoms with E-state index < -0.39 is 16.1 Å². The molecular formula is C21H20N2O7S. The Morgan fingerprint density at radius 3 is 2.55 bits per heavy atom. The molecule has 1 N–H and O–H groups in total. The van der Waals surface area contributed by atoms with Crippen molar-refractivity contribution in [3.63, 3.8) is 0 Å². The summed E-state index contributed by atoms with van der Waals surface area (Å²) >= 11 is 0.688. The minimum Gasteiger partial charge on any atom is -0.504 e. The number of thioether (sulfide) groups is 1. The molecule has 0 atom stereocenters. The second-order valence-corrected chi connectivity index (χ2v) is 7.56. The lowest BCUT2D eigenvalue weighted by atomic mass is 10.1. The molecule has 10 heteroatoms. The Hall–Kier alpha value is -3.53. The summed E-state index contributed by atoms with van der Waals surface area (Å²) in [4.78, 5) is 36.6. The average Bonchev–Trinajstić information content (AvgIpc) is 2.99. The molecule has 2 aromatic carbocycles. The number of aryl methyl sites for hydroxylation is 1. The van der Waals surface area contributed by atoms with Gasteiger partial charge in [-0.2, -0.15) is 0 Å². The lowest BCUT2D eigenvalue weighted by Gasteiger charge is -2.13. The summed E-state index contributed by atoms with van der Waals surface area (Å²) in [5.74, 6) is -0.361. The number of phenols is 1. The number of phenolic OH excluding ortho intramolecular Hbond substituents is 1. The van der Waals surface area contributed by atoms with Crippen molar-refractivity contribution in [2.45, 2.75) is 13.8 Å². The molecule has 0 spiro atoms. The highest BCUT2D eigenvalue weighted by molar-refractivity contribution is 8.18. The van der Waals surface area contributed by atoms with Crippen LogP contribution in [0.2, 0.25) is 0 Å². The van der Waals surface area contributed by atoms with E-state index in [1.54, 1.807) is 19.1 Å². The van der Waals surface area contributed by atoms with Gasteiger partial charge in [-0.25, -0.2) is 0 Å². The Morgan fingerprint density at radius 2 is 1.90 bits per heavy atom. The quantitative estimate of drug-likeness (QED) is 0.367. The molecule has 1 aliphatic heterocycles. The van der Waals surface area contributed by atoms with Crippen molar-refractivity contribution < 1.29 is 29.1 Å². The monoisotopic (exact) mass is 444 g/mol. The number of ether oxygens (including phenoxy) is 2. The second-order valence-electron chi connectivity index (χ2n) is 6.57. The largest absolute Gasteiger partial charge is 0.504 e. The summed E-state index contributed by atoms with van der Waals surface area (Å²) in [5.41, 5.74) is 0.789. The molecule has 3 rings (SSSR count). The number of nitrogens with zero attached hydrogens (tertiary/aromatic N) is 2. The number of nitro groups is 1. The van der Waals surface area contributed by atoms with Crippen molar-refractivity contribution in [2.24, 2.45) is 0 Å². The molecule has 1 saturated heterocycles. The van der Waals surface area contributed by atoms with Crippen LogP contribution in [0.25, 0.3) is 6.08 Å². The van der Waals surface area contributed by atoms with Gasteiger partial charge in [0, 0.05) is 11.6 Å². The van der Waals surface area contributed by atoms with Crippen molar-refractivity contribution >= 4 is 34.7 Å². The molecule has 1 fully saturated rings. The predicted molar refractivity (Wildman–Crippen MR) is 115 cm³/mol. The van der Waals surface area contributed by atoms with Gasteiger partial charge in [0.05, 0.1) is 29.0 Å². The zero-order valence-corrected chi connectivity index (χ0v) is 17.7. The SMILES string of the molecule is CCOc1cc([N+](=O)[O-])cc(/C=C2\SC(=O)N(CCOc3ccc(C)cc3)C2=O)c1O. The molecule has 0 aromatic heterocycles. The molecule has 0 radical (unpaired) electrons. The van der Waals surface area contributed by atoms with Gasteiger partial charge in [0.1, 0.15) is 12.4 Å². The molecular weight excluding hydrogens is 424 g/mol. The van der Waals surface area contributed by atoms with Crippen LogP contribution < -0.4 is 9.47 Å². The van der Waals surface area contributed by atoms with Gasteiger partial charge in [-0.15, -0.1) is 0 Å². The number of rotatable bonds is 8. The highest BCUT2D eigenvalue weighted by Crippen LogP contribution is 2.39. The average molecular weight is 444 g/mol. The number of non-ortho nitro benzene ring substituents is 1. The number of aromatic hydroxyl groups is 1. The van der Waals surface area contributed by atoms with Gasteiger partial charge >= 0.3 is 0 Å². The summed E-state index contributed by atoms with van der Waals surface area (Å²) in [5, 5.41) is 21.1. The van der Waals surface area contributed by atoms with Gasteiger partial charge in [-0.05, 0) is 43.8 Å². The molecule has 9 nitrogen and oxygen atoms in total. The van der Waals surface area contributed by atoms with Crippen molar-refractivity contribution in [3.05, 3.63) is 62.5 Å². The third kappa shape index (κ3) is 5.15. The van der Waals surface area contributed by atoms with E-state index >= 15 is 0 Å². The molecule has 0 aliphatic carbocycles. The molecule has 1 heterocycles. The van der Waals surface area contributed by atoms with Crippen LogP contribution in [0.3, 0.4) is 0 Å². The first kappa shape index (κ1) is 22.2. The van der Waals surface area contributed by atoms with Crippen LogP contribution in [-0.4, -0.2) is 45.8 Å². The molecule has 2 aromatic rings. The minimum absolute atomic E-state index is 0.0130. The van der Waals surface area contributed by atoms with Crippen molar-refractivity contribution in [1.29, 1.82) is 0 Å². The summed E-state index contributed by atoms with van der Waals surface area (Å²) in [6.45, 7) is 3.96. The lowest BCUT2D eigenvalue weighted by molar-refractivity contribution is -0.385. The minimum atomic E-state index is -0.631. The fourth-order valence-corrected chi connectivity index (χ4v) is 3.67. The molecule has 31 heavy (non-hydrogen) atoms. The fraction of sp³-hybridized carbons (Fsp3) is 0.238. The number of imide groups is 1. The van der Waals surface area contributed by atoms with Crippen LogP contribution in [0, 0.1) is 17.0 Å². The maximum absolute atomic E-state index is 12.7. The second kappa shape index (κ2) is 9.52. The zero-order valence-electron chi connectivity index (χ0n) is 16.9. The van der Waals surface area contributed by atoms with E-state index in [0.717, 1.165) is 22.6 Å². The van der Waals surface area contributed by atoms with E-state index in [1.165, 1.54) is 6.08 Å². The maximum atomic E-state index is 12.7. The Kier molecular flexibility index (Phi) is 6.81. The van der Waals surface area contributed by atoms with Gasteiger partial charge in [0.2, 0.25) is 0 Å². The molecule has 0 saturated carbocycles. The molecule has 162 valence electrons. The van der Waals surface area contributed by atoms with Crippen LogP contribution in [-0.2, 0) is 4.79 Å². The van der Waals surface area contributed by atoms with Gasteiger partial charge in [-0.1, -0.05) is 17.7 Å². The Labute approximate surface area is 182 Å². The Morgan fingerprint density at radius 1 is 1.19 bits per heavy atom. The van der Waals surface area contributed by atoms with E-state index in [0.29, 0.717) is 17.5 Å². The van der Waals surface area contributed by atoms with Crippen molar-refractivity contribution in [3.8, 4) is 17.2 Å². The third-order valence-corrected chi connectivity index (χ3v) is 5.27. The predicted octanol–water partition coefficient (Wildman–Crippen LogP) is 4.12. The van der Waals surface area contributed by atoms with E-state index in [-0.39, 0.29) is 47.4 Å². The molecule has 0 unspecified atom stereocenters. The van der Waals surface area contributed by atoms with E-state index in [2.05, 4.69) is 0 Å². The van der Waals surface area contributed by atoms with E-state index in [9.17, 15) is 24.8 Å². The van der Waals surface area contributed by atoms with E-state index in [1.807, 2.05) is 19.1 Å². The van der Waals surface area contributed by atoms with Gasteiger partial charge in [-0.3, -0.25) is 24.6 Å². The first-order chi connectivity index (χ1) is 14.8. The van der Waals surface area contributed by atoms with Crippen LogP contribution in [0.4, 0.5) is 10.5 Å². The summed E-state index contributed by atoms with van der Waals surface area (Å²) in [6, 6.07) is 9.59.